The van der Waals surface area contributed by atoms with E-state index in [2.05, 4.69) is 17.2 Å². The van der Waals surface area contributed by atoms with Crippen molar-refractivity contribution in [2.45, 2.75) is 50.7 Å². The van der Waals surface area contributed by atoms with E-state index in [0.717, 1.165) is 24.6 Å². The lowest BCUT2D eigenvalue weighted by atomic mass is 9.62. The highest BCUT2D eigenvalue weighted by molar-refractivity contribution is 6.05. The first kappa shape index (κ1) is 20.7. The monoisotopic (exact) mass is 440 g/mol. The van der Waals surface area contributed by atoms with Gasteiger partial charge in [0.15, 0.2) is 5.82 Å². The standard InChI is InChI=1S/C23H25FN4O4/c1-13(2)32-21-19-25-17(23-10-22(3,11-23)31-12-23)8-28(19)9-18(27-21)26-20(29)15-6-5-14(24)7-16(15)30-4/h5-9,13H,10-12H2,1-4H3,(H,26,29). The average molecular weight is 440 g/mol. The van der Waals surface area contributed by atoms with Crippen molar-refractivity contribution in [2.24, 2.45) is 0 Å². The van der Waals surface area contributed by atoms with Crippen molar-refractivity contribution >= 4 is 17.4 Å². The van der Waals surface area contributed by atoms with Crippen molar-refractivity contribution in [3.8, 4) is 11.6 Å². The van der Waals surface area contributed by atoms with Crippen LogP contribution < -0.4 is 14.8 Å². The van der Waals surface area contributed by atoms with Gasteiger partial charge in [0.05, 0.1) is 42.9 Å². The molecule has 9 heteroatoms. The number of ether oxygens (including phenoxy) is 3. The van der Waals surface area contributed by atoms with E-state index in [4.69, 9.17) is 19.2 Å². The predicted octanol–water partition coefficient (Wildman–Crippen LogP) is 3.74. The Morgan fingerprint density at radius 1 is 1.28 bits per heavy atom. The molecule has 0 radical (unpaired) electrons. The second-order valence-electron chi connectivity index (χ2n) is 9.13. The van der Waals surface area contributed by atoms with E-state index in [9.17, 15) is 9.18 Å². The lowest BCUT2D eigenvalue weighted by molar-refractivity contribution is 0.0154. The van der Waals surface area contributed by atoms with Gasteiger partial charge in [-0.2, -0.15) is 4.98 Å². The van der Waals surface area contributed by atoms with Gasteiger partial charge < -0.3 is 19.5 Å². The minimum absolute atomic E-state index is 0.0569. The highest BCUT2D eigenvalue weighted by Crippen LogP contribution is 2.58. The maximum Gasteiger partial charge on any atom is 0.260 e. The number of aromatic nitrogens is 3. The van der Waals surface area contributed by atoms with Crippen LogP contribution in [0.2, 0.25) is 0 Å². The van der Waals surface area contributed by atoms with E-state index in [-0.39, 0.29) is 34.3 Å². The van der Waals surface area contributed by atoms with Gasteiger partial charge in [0.25, 0.3) is 11.8 Å². The first-order chi connectivity index (χ1) is 15.2. The number of imidazole rings is 1. The minimum atomic E-state index is -0.487. The van der Waals surface area contributed by atoms with Gasteiger partial charge >= 0.3 is 0 Å². The number of benzene rings is 1. The molecule has 3 fully saturated rings. The Bertz CT molecular complexity index is 1220. The third-order valence-electron chi connectivity index (χ3n) is 6.07. The molecule has 3 aromatic rings. The van der Waals surface area contributed by atoms with Crippen molar-refractivity contribution in [1.29, 1.82) is 0 Å². The zero-order valence-corrected chi connectivity index (χ0v) is 18.4. The van der Waals surface area contributed by atoms with E-state index in [1.165, 1.54) is 19.2 Å². The quantitative estimate of drug-likeness (QED) is 0.629. The van der Waals surface area contributed by atoms with Gasteiger partial charge in [0.2, 0.25) is 5.65 Å². The Morgan fingerprint density at radius 2 is 2.06 bits per heavy atom. The Kier molecular flexibility index (Phi) is 4.63. The number of nitrogens with one attached hydrogen (secondary N) is 1. The van der Waals surface area contributed by atoms with Gasteiger partial charge in [-0.25, -0.2) is 9.37 Å². The van der Waals surface area contributed by atoms with Crippen LogP contribution in [0.3, 0.4) is 0 Å². The topological polar surface area (TPSA) is 87.0 Å². The number of anilines is 1. The van der Waals surface area contributed by atoms with Crippen LogP contribution in [0.25, 0.3) is 5.65 Å². The summed E-state index contributed by atoms with van der Waals surface area (Å²) in [4.78, 5) is 22.2. The minimum Gasteiger partial charge on any atom is -0.496 e. The molecular formula is C23H25FN4O4. The second kappa shape index (κ2) is 7.16. The van der Waals surface area contributed by atoms with Crippen molar-refractivity contribution in [3.05, 3.63) is 47.7 Å². The summed E-state index contributed by atoms with van der Waals surface area (Å²) < 4.78 is 32.3. The molecule has 1 N–H and O–H groups in total. The lowest BCUT2D eigenvalue weighted by Gasteiger charge is -2.41. The molecule has 0 spiro atoms. The number of methoxy groups -OCH3 is 1. The smallest absolute Gasteiger partial charge is 0.260 e. The largest absolute Gasteiger partial charge is 0.496 e. The predicted molar refractivity (Wildman–Crippen MR) is 115 cm³/mol. The molecule has 32 heavy (non-hydrogen) atoms. The summed E-state index contributed by atoms with van der Waals surface area (Å²) in [7, 11) is 1.38. The number of hydrogen-bond acceptors (Lipinski definition) is 6. The fourth-order valence-electron chi connectivity index (χ4n) is 4.78. The third kappa shape index (κ3) is 3.37. The molecule has 2 saturated heterocycles. The summed E-state index contributed by atoms with van der Waals surface area (Å²) in [5.74, 6) is -0.207. The molecule has 2 bridgehead atoms. The molecule has 0 atom stereocenters. The molecule has 6 rings (SSSR count). The summed E-state index contributed by atoms with van der Waals surface area (Å²) in [6, 6.07) is 3.74. The second-order valence-corrected chi connectivity index (χ2v) is 9.13. The Labute approximate surface area is 184 Å². The van der Waals surface area contributed by atoms with Gasteiger partial charge in [-0.15, -0.1) is 0 Å². The maximum absolute atomic E-state index is 13.5. The van der Waals surface area contributed by atoms with Gasteiger partial charge in [0.1, 0.15) is 11.6 Å². The zero-order chi connectivity index (χ0) is 22.7. The fraction of sp³-hybridized carbons (Fsp3) is 0.435. The van der Waals surface area contributed by atoms with Crippen LogP contribution in [0.15, 0.2) is 30.6 Å². The SMILES string of the molecule is COc1cc(F)ccc1C(=O)Nc1cn2cc(C34COC(C)(C3)C4)nc2c(OC(C)C)n1. The Morgan fingerprint density at radius 3 is 2.72 bits per heavy atom. The number of halogens is 1. The lowest BCUT2D eigenvalue weighted by Crippen LogP contribution is -2.45. The molecule has 8 nitrogen and oxygen atoms in total. The van der Waals surface area contributed by atoms with Crippen molar-refractivity contribution < 1.29 is 23.4 Å². The maximum atomic E-state index is 13.5. The third-order valence-corrected chi connectivity index (χ3v) is 6.07. The van der Waals surface area contributed by atoms with Crippen LogP contribution in [0.4, 0.5) is 10.2 Å². The number of carbonyl (C=O) groups excluding carboxylic acids is 1. The van der Waals surface area contributed by atoms with E-state index < -0.39 is 11.7 Å². The van der Waals surface area contributed by atoms with Crippen LogP contribution in [0, 0.1) is 5.82 Å². The molecule has 3 aliphatic rings. The molecule has 168 valence electrons. The first-order valence-electron chi connectivity index (χ1n) is 10.6. The van der Waals surface area contributed by atoms with E-state index >= 15 is 0 Å². The number of amides is 1. The summed E-state index contributed by atoms with van der Waals surface area (Å²) in [6.07, 6.45) is 5.38. The number of fused-ring (bicyclic) bond motifs is 2. The van der Waals surface area contributed by atoms with Gasteiger partial charge in [-0.3, -0.25) is 9.20 Å². The van der Waals surface area contributed by atoms with Crippen molar-refractivity contribution in [1.82, 2.24) is 14.4 Å². The average Bonchev–Trinajstić information content (AvgIpc) is 3.38. The first-order valence-corrected chi connectivity index (χ1v) is 10.6. The summed E-state index contributed by atoms with van der Waals surface area (Å²) in [5.41, 5.74) is 1.58. The normalized spacial score (nSPS) is 23.9. The molecule has 1 aromatic carbocycles. The highest BCUT2D eigenvalue weighted by atomic mass is 19.1. The zero-order valence-electron chi connectivity index (χ0n) is 18.4. The van der Waals surface area contributed by atoms with Crippen LogP contribution in [-0.4, -0.2) is 45.7 Å². The molecule has 2 aliphatic heterocycles. The van der Waals surface area contributed by atoms with Crippen LogP contribution in [0.5, 0.6) is 11.6 Å². The van der Waals surface area contributed by atoms with Gasteiger partial charge in [0, 0.05) is 17.7 Å². The van der Waals surface area contributed by atoms with Crippen molar-refractivity contribution in [2.75, 3.05) is 19.0 Å². The van der Waals surface area contributed by atoms with Gasteiger partial charge in [-0.1, -0.05) is 0 Å². The number of carbonyl (C=O) groups is 1. The Balaban J connectivity index is 1.50. The highest BCUT2D eigenvalue weighted by Gasteiger charge is 2.61. The van der Waals surface area contributed by atoms with Crippen molar-refractivity contribution in [3.63, 3.8) is 0 Å². The van der Waals surface area contributed by atoms with E-state index in [0.29, 0.717) is 18.1 Å². The summed E-state index contributed by atoms with van der Waals surface area (Å²) >= 11 is 0. The number of hydrogen-bond donors (Lipinski definition) is 1. The molecular weight excluding hydrogens is 415 g/mol. The van der Waals surface area contributed by atoms with E-state index in [1.54, 1.807) is 6.20 Å². The van der Waals surface area contributed by atoms with Gasteiger partial charge in [-0.05, 0) is 45.7 Å². The number of nitrogens with zero attached hydrogens (tertiary/aromatic N) is 3. The summed E-state index contributed by atoms with van der Waals surface area (Å²) in [6.45, 7) is 6.57. The number of rotatable bonds is 6. The van der Waals surface area contributed by atoms with Crippen LogP contribution in [-0.2, 0) is 10.2 Å². The summed E-state index contributed by atoms with van der Waals surface area (Å²) in [5, 5.41) is 2.76. The fourth-order valence-corrected chi connectivity index (χ4v) is 4.78. The molecule has 0 unspecified atom stereocenters. The van der Waals surface area contributed by atoms with E-state index in [1.807, 2.05) is 24.4 Å². The molecule has 4 heterocycles. The van der Waals surface area contributed by atoms with Crippen LogP contribution >= 0.6 is 0 Å². The molecule has 1 amide bonds. The molecule has 2 aromatic heterocycles. The molecule has 1 aliphatic carbocycles. The molecule has 1 saturated carbocycles. The van der Waals surface area contributed by atoms with Crippen LogP contribution in [0.1, 0.15) is 49.7 Å². The Hall–Kier alpha value is -3.20.